The molecule has 0 aromatic carbocycles. The number of carbonyl (C=O) groups is 1. The molecule has 3 rings (SSSR count). The highest BCUT2D eigenvalue weighted by Crippen LogP contribution is 2.29. The average Bonchev–Trinajstić information content (AvgIpc) is 2.67. The fraction of sp³-hybridized carbons (Fsp3) is 0.538. The minimum atomic E-state index is -0.385. The molecular weight excluding hydrogens is 247 g/mol. The molecular formula is C13H17FN4O. The van der Waals surface area contributed by atoms with E-state index < -0.39 is 0 Å². The van der Waals surface area contributed by atoms with Gasteiger partial charge in [0, 0.05) is 6.54 Å². The van der Waals surface area contributed by atoms with Gasteiger partial charge in [-0.25, -0.2) is 14.4 Å². The summed E-state index contributed by atoms with van der Waals surface area (Å²) in [4.78, 5) is 18.5. The minimum absolute atomic E-state index is 0.00431. The second-order valence-corrected chi connectivity index (χ2v) is 5.06. The van der Waals surface area contributed by atoms with Crippen molar-refractivity contribution in [1.29, 1.82) is 0 Å². The number of hydrogen-bond donors (Lipinski definition) is 1. The van der Waals surface area contributed by atoms with Crippen LogP contribution in [0.15, 0.2) is 18.3 Å². The number of hydrazine groups is 1. The number of fused-ring (bicyclic) bond motifs is 1. The van der Waals surface area contributed by atoms with Crippen molar-refractivity contribution in [1.82, 2.24) is 14.9 Å². The highest BCUT2D eigenvalue weighted by atomic mass is 19.1. The van der Waals surface area contributed by atoms with Gasteiger partial charge in [0.15, 0.2) is 0 Å². The zero-order valence-corrected chi connectivity index (χ0v) is 10.8. The number of piperidine rings is 1. The smallest absolute Gasteiger partial charge is 0.259 e. The Hall–Kier alpha value is -1.69. The molecule has 1 amide bonds. The Morgan fingerprint density at radius 1 is 1.42 bits per heavy atom. The van der Waals surface area contributed by atoms with Crippen molar-refractivity contribution < 1.29 is 9.18 Å². The van der Waals surface area contributed by atoms with Crippen molar-refractivity contribution in [2.45, 2.75) is 38.4 Å². The summed E-state index contributed by atoms with van der Waals surface area (Å²) in [6.45, 7) is 2.95. The van der Waals surface area contributed by atoms with Gasteiger partial charge in [-0.15, -0.1) is 0 Å². The quantitative estimate of drug-likeness (QED) is 0.881. The molecule has 2 atom stereocenters. The van der Waals surface area contributed by atoms with Crippen molar-refractivity contribution in [3.8, 4) is 0 Å². The number of carbonyl (C=O) groups excluding carboxylic acids is 1. The first-order chi connectivity index (χ1) is 9.16. The third-order valence-corrected chi connectivity index (χ3v) is 3.88. The van der Waals surface area contributed by atoms with Crippen molar-refractivity contribution in [2.75, 3.05) is 12.0 Å². The Morgan fingerprint density at radius 2 is 2.26 bits per heavy atom. The molecule has 19 heavy (non-hydrogen) atoms. The molecule has 5 nitrogen and oxygen atoms in total. The lowest BCUT2D eigenvalue weighted by molar-refractivity contribution is -0.129. The highest BCUT2D eigenvalue weighted by molar-refractivity contribution is 5.85. The van der Waals surface area contributed by atoms with Crippen molar-refractivity contribution in [3.05, 3.63) is 24.1 Å². The lowest BCUT2D eigenvalue weighted by atomic mass is 10.0. The van der Waals surface area contributed by atoms with E-state index in [0.717, 1.165) is 32.0 Å². The van der Waals surface area contributed by atoms with Gasteiger partial charge in [0.25, 0.3) is 5.91 Å². The first-order valence-electron chi connectivity index (χ1n) is 6.64. The second kappa shape index (κ2) is 4.77. The molecule has 1 aromatic rings. The van der Waals surface area contributed by atoms with E-state index in [2.05, 4.69) is 15.3 Å². The van der Waals surface area contributed by atoms with Crippen LogP contribution >= 0.6 is 0 Å². The number of pyridine rings is 1. The summed E-state index contributed by atoms with van der Waals surface area (Å²) in [7, 11) is 0. The van der Waals surface area contributed by atoms with E-state index in [1.807, 2.05) is 6.92 Å². The van der Waals surface area contributed by atoms with E-state index in [1.165, 1.54) is 12.1 Å². The van der Waals surface area contributed by atoms with Gasteiger partial charge in [-0.05, 0) is 31.9 Å². The number of nitrogens with one attached hydrogen (secondary N) is 1. The predicted molar refractivity (Wildman–Crippen MR) is 68.5 cm³/mol. The van der Waals surface area contributed by atoms with Crippen LogP contribution in [-0.2, 0) is 4.79 Å². The first-order valence-corrected chi connectivity index (χ1v) is 6.64. The van der Waals surface area contributed by atoms with Crippen LogP contribution in [-0.4, -0.2) is 39.6 Å². The number of anilines is 1. The Balaban J connectivity index is 1.77. The summed E-state index contributed by atoms with van der Waals surface area (Å²) in [6.07, 6.45) is 4.29. The van der Waals surface area contributed by atoms with Gasteiger partial charge in [-0.1, -0.05) is 6.42 Å². The summed E-state index contributed by atoms with van der Waals surface area (Å²) in [5, 5.41) is 1.61. The van der Waals surface area contributed by atoms with Crippen LogP contribution in [0.2, 0.25) is 0 Å². The van der Waals surface area contributed by atoms with Crippen LogP contribution in [0.4, 0.5) is 10.2 Å². The van der Waals surface area contributed by atoms with Crippen LogP contribution in [0.3, 0.4) is 0 Å². The molecule has 1 N–H and O–H groups in total. The Morgan fingerprint density at radius 3 is 2.95 bits per heavy atom. The number of hydrogen-bond acceptors (Lipinski definition) is 4. The van der Waals surface area contributed by atoms with E-state index in [0.29, 0.717) is 5.82 Å². The van der Waals surface area contributed by atoms with Gasteiger partial charge in [-0.2, -0.15) is 0 Å². The molecule has 2 saturated heterocycles. The molecule has 3 heterocycles. The van der Waals surface area contributed by atoms with E-state index in [-0.39, 0.29) is 23.9 Å². The number of halogens is 1. The van der Waals surface area contributed by atoms with Gasteiger partial charge >= 0.3 is 0 Å². The van der Waals surface area contributed by atoms with Crippen molar-refractivity contribution in [2.24, 2.45) is 0 Å². The Kier molecular flexibility index (Phi) is 3.10. The molecule has 0 radical (unpaired) electrons. The minimum Gasteiger partial charge on any atom is -0.278 e. The number of amides is 1. The molecule has 0 spiro atoms. The second-order valence-electron chi connectivity index (χ2n) is 5.06. The molecule has 2 aliphatic rings. The summed E-state index contributed by atoms with van der Waals surface area (Å²) in [5.74, 6) is 0.184. The predicted octanol–water partition coefficient (Wildman–Crippen LogP) is 1.59. The Bertz CT molecular complexity index is 478. The monoisotopic (exact) mass is 264 g/mol. The topological polar surface area (TPSA) is 48.5 Å². The molecule has 0 saturated carbocycles. The van der Waals surface area contributed by atoms with E-state index >= 15 is 0 Å². The lowest BCUT2D eigenvalue weighted by Gasteiger charge is -2.30. The maximum absolute atomic E-state index is 12.8. The largest absolute Gasteiger partial charge is 0.278 e. The highest BCUT2D eigenvalue weighted by Gasteiger charge is 2.44. The van der Waals surface area contributed by atoms with Gasteiger partial charge in [0.2, 0.25) is 0 Å². The summed E-state index contributed by atoms with van der Waals surface area (Å²) < 4.78 is 12.8. The first kappa shape index (κ1) is 12.3. The normalized spacial score (nSPS) is 27.5. The molecule has 0 bridgehead atoms. The SMILES string of the molecule is CC1N(Nc2ccc(F)cn2)C(=O)[C@@H]2CCCCN12. The molecule has 1 aromatic heterocycles. The molecule has 102 valence electrons. The maximum atomic E-state index is 12.8. The van der Waals surface area contributed by atoms with E-state index in [4.69, 9.17) is 0 Å². The molecule has 2 fully saturated rings. The number of aromatic nitrogens is 1. The average molecular weight is 264 g/mol. The van der Waals surface area contributed by atoms with Crippen LogP contribution in [0, 0.1) is 5.82 Å². The summed E-state index contributed by atoms with van der Waals surface area (Å²) in [5.41, 5.74) is 2.99. The lowest BCUT2D eigenvalue weighted by Crippen LogP contribution is -2.42. The van der Waals surface area contributed by atoms with Crippen LogP contribution in [0.1, 0.15) is 26.2 Å². The van der Waals surface area contributed by atoms with Crippen molar-refractivity contribution >= 4 is 11.7 Å². The molecule has 0 aliphatic carbocycles. The molecule has 1 unspecified atom stereocenters. The van der Waals surface area contributed by atoms with E-state index in [9.17, 15) is 9.18 Å². The van der Waals surface area contributed by atoms with Crippen LogP contribution in [0.5, 0.6) is 0 Å². The number of rotatable bonds is 2. The zero-order valence-electron chi connectivity index (χ0n) is 10.8. The van der Waals surface area contributed by atoms with Gasteiger partial charge < -0.3 is 0 Å². The zero-order chi connectivity index (χ0) is 13.4. The van der Waals surface area contributed by atoms with Gasteiger partial charge in [0.05, 0.1) is 12.2 Å². The van der Waals surface area contributed by atoms with Gasteiger partial charge in [0.1, 0.15) is 17.8 Å². The fourth-order valence-electron chi connectivity index (χ4n) is 2.87. The van der Waals surface area contributed by atoms with Crippen molar-refractivity contribution in [3.63, 3.8) is 0 Å². The fourth-order valence-corrected chi connectivity index (χ4v) is 2.87. The Labute approximate surface area is 111 Å². The standard InChI is InChI=1S/C13H17FN4O/c1-9-17-7-3-2-4-11(17)13(19)18(9)16-12-6-5-10(14)8-15-12/h5-6,8-9,11H,2-4,7H2,1H3,(H,15,16)/t9?,11-/m0/s1. The van der Waals surface area contributed by atoms with E-state index in [1.54, 1.807) is 5.01 Å². The third-order valence-electron chi connectivity index (χ3n) is 3.88. The molecule has 6 heteroatoms. The van der Waals surface area contributed by atoms with Gasteiger partial charge in [-0.3, -0.25) is 15.1 Å². The summed E-state index contributed by atoms with van der Waals surface area (Å²) in [6, 6.07) is 2.84. The van der Waals surface area contributed by atoms with Crippen LogP contribution in [0.25, 0.3) is 0 Å². The van der Waals surface area contributed by atoms with Crippen LogP contribution < -0.4 is 5.43 Å². The third kappa shape index (κ3) is 2.16. The number of nitrogens with zero attached hydrogens (tertiary/aromatic N) is 3. The maximum Gasteiger partial charge on any atom is 0.259 e. The summed E-state index contributed by atoms with van der Waals surface area (Å²) >= 11 is 0. The molecule has 2 aliphatic heterocycles.